The number of ether oxygens (including phenoxy) is 2. The summed E-state index contributed by atoms with van der Waals surface area (Å²) in [6, 6.07) is 5.52. The molecular weight excluding hydrogens is 573 g/mol. The van der Waals surface area contributed by atoms with E-state index < -0.39 is 0 Å². The molecule has 1 aliphatic heterocycles. The van der Waals surface area contributed by atoms with Crippen molar-refractivity contribution in [2.45, 2.75) is 58.8 Å². The predicted molar refractivity (Wildman–Crippen MR) is 157 cm³/mol. The number of amides is 1. The molecule has 0 bridgehead atoms. The molecule has 0 unspecified atom stereocenters. The van der Waals surface area contributed by atoms with Crippen LogP contribution in [0.1, 0.15) is 44.1 Å². The van der Waals surface area contributed by atoms with Gasteiger partial charge in [-0.2, -0.15) is 0 Å². The summed E-state index contributed by atoms with van der Waals surface area (Å²) in [7, 11) is 0. The van der Waals surface area contributed by atoms with Crippen molar-refractivity contribution in [3.8, 4) is 16.5 Å². The topological polar surface area (TPSA) is 91.0 Å². The third-order valence-corrected chi connectivity index (χ3v) is 8.39. The summed E-state index contributed by atoms with van der Waals surface area (Å²) < 4.78 is 14.9. The van der Waals surface area contributed by atoms with Crippen LogP contribution in [-0.2, 0) is 22.5 Å². The number of carbonyl (C=O) groups excluding carboxylic acids is 1. The lowest BCUT2D eigenvalue weighted by molar-refractivity contribution is -0.143. The molecule has 0 aliphatic carbocycles. The van der Waals surface area contributed by atoms with Crippen LogP contribution in [0.4, 0.5) is 0 Å². The van der Waals surface area contributed by atoms with Gasteiger partial charge in [0.05, 0.1) is 28.9 Å². The zero-order valence-electron chi connectivity index (χ0n) is 22.6. The van der Waals surface area contributed by atoms with Gasteiger partial charge in [-0.1, -0.05) is 42.6 Å². The fourth-order valence-electron chi connectivity index (χ4n) is 4.75. The lowest BCUT2D eigenvalue weighted by Gasteiger charge is -2.35. The highest BCUT2D eigenvalue weighted by Crippen LogP contribution is 2.32. The van der Waals surface area contributed by atoms with Crippen LogP contribution < -0.4 is 10.3 Å². The first-order chi connectivity index (χ1) is 19.2. The number of rotatable bonds is 9. The molecule has 1 aromatic carbocycles. The number of hydrogen-bond donors (Lipinski definition) is 0. The summed E-state index contributed by atoms with van der Waals surface area (Å²) in [5.74, 6) is 0.449. The first-order valence-corrected chi connectivity index (χ1v) is 14.9. The Bertz CT molecular complexity index is 1570. The molecule has 1 aliphatic rings. The van der Waals surface area contributed by atoms with Gasteiger partial charge in [-0.3, -0.25) is 9.59 Å². The van der Waals surface area contributed by atoms with Gasteiger partial charge in [0, 0.05) is 43.0 Å². The average molecular weight is 605 g/mol. The molecule has 4 heterocycles. The minimum absolute atomic E-state index is 0.0349. The van der Waals surface area contributed by atoms with Crippen molar-refractivity contribution < 1.29 is 14.3 Å². The summed E-state index contributed by atoms with van der Waals surface area (Å²) in [6.07, 6.45) is 7.35. The fourth-order valence-corrected chi connectivity index (χ4v) is 6.00. The van der Waals surface area contributed by atoms with E-state index in [1.807, 2.05) is 26.0 Å². The van der Waals surface area contributed by atoms with E-state index in [1.165, 1.54) is 15.7 Å². The van der Waals surface area contributed by atoms with Crippen LogP contribution in [0.25, 0.3) is 16.5 Å². The van der Waals surface area contributed by atoms with Gasteiger partial charge >= 0.3 is 5.56 Å². The van der Waals surface area contributed by atoms with Crippen molar-refractivity contribution in [3.05, 3.63) is 67.6 Å². The molecule has 40 heavy (non-hydrogen) atoms. The summed E-state index contributed by atoms with van der Waals surface area (Å²) >= 11 is 13.7. The molecule has 0 spiro atoms. The third-order valence-electron chi connectivity index (χ3n) is 6.65. The van der Waals surface area contributed by atoms with Gasteiger partial charge < -0.3 is 18.9 Å². The van der Waals surface area contributed by atoms with Crippen molar-refractivity contribution in [3.63, 3.8) is 0 Å². The highest BCUT2D eigenvalue weighted by Gasteiger charge is 2.27. The van der Waals surface area contributed by atoms with Gasteiger partial charge in [-0.25, -0.2) is 14.4 Å². The monoisotopic (exact) mass is 603 g/mol. The Balaban J connectivity index is 1.48. The lowest BCUT2D eigenvalue weighted by atomic mass is 10.1. The van der Waals surface area contributed by atoms with Crippen molar-refractivity contribution in [2.75, 3.05) is 19.7 Å². The first-order valence-electron chi connectivity index (χ1n) is 13.3. The molecule has 1 saturated heterocycles. The Morgan fingerprint density at radius 3 is 2.67 bits per heavy atom. The molecule has 212 valence electrons. The molecule has 3 aromatic heterocycles. The summed E-state index contributed by atoms with van der Waals surface area (Å²) in [4.78, 5) is 39.0. The standard InChI is InChI=1S/C28H31Cl2N5O4S/c1-4-5-10-38-25-24(26-31-13-20(40-26)11-19-6-7-21(29)22(30)12-19)32-28-33(8-9-35(28)27(25)37)16-23(36)34-14-17(2)39-18(3)15-34/h6-9,12-13,17-18H,4-5,10-11,14-16H2,1-3H3/t17-,18-/m0/s1. The number of unbranched alkanes of at least 4 members (excludes halogenated alkanes) is 1. The van der Waals surface area contributed by atoms with Gasteiger partial charge in [0.2, 0.25) is 17.4 Å². The van der Waals surface area contributed by atoms with E-state index in [-0.39, 0.29) is 36.0 Å². The van der Waals surface area contributed by atoms with Crippen LogP contribution >= 0.6 is 34.5 Å². The van der Waals surface area contributed by atoms with Crippen LogP contribution in [0.15, 0.2) is 41.6 Å². The zero-order valence-corrected chi connectivity index (χ0v) is 24.9. The van der Waals surface area contributed by atoms with Gasteiger partial charge in [-0.15, -0.1) is 11.3 Å². The van der Waals surface area contributed by atoms with E-state index in [2.05, 4.69) is 11.9 Å². The smallest absolute Gasteiger partial charge is 0.302 e. The van der Waals surface area contributed by atoms with E-state index in [9.17, 15) is 9.59 Å². The molecule has 5 rings (SSSR count). The van der Waals surface area contributed by atoms with Crippen LogP contribution in [0.3, 0.4) is 0 Å². The van der Waals surface area contributed by atoms with Crippen LogP contribution in [-0.4, -0.2) is 61.6 Å². The Hall–Kier alpha value is -2.92. The number of carbonyl (C=O) groups is 1. The summed E-state index contributed by atoms with van der Waals surface area (Å²) in [5, 5.41) is 1.56. The molecule has 12 heteroatoms. The molecule has 1 amide bonds. The zero-order chi connectivity index (χ0) is 28.4. The highest BCUT2D eigenvalue weighted by atomic mass is 35.5. The molecule has 9 nitrogen and oxygen atoms in total. The number of halogens is 2. The Kier molecular flexibility index (Phi) is 8.80. The highest BCUT2D eigenvalue weighted by molar-refractivity contribution is 7.15. The molecule has 0 saturated carbocycles. The maximum atomic E-state index is 13.6. The number of benzene rings is 1. The van der Waals surface area contributed by atoms with Gasteiger partial charge in [0.15, 0.2) is 5.69 Å². The molecule has 0 N–H and O–H groups in total. The Morgan fingerprint density at radius 1 is 1.18 bits per heavy atom. The van der Waals surface area contributed by atoms with Crippen LogP contribution in [0.5, 0.6) is 5.75 Å². The van der Waals surface area contributed by atoms with E-state index in [4.69, 9.17) is 37.7 Å². The second kappa shape index (κ2) is 12.3. The maximum Gasteiger partial charge on any atom is 0.302 e. The number of aromatic nitrogens is 4. The van der Waals surface area contributed by atoms with E-state index in [0.717, 1.165) is 23.3 Å². The molecule has 0 radical (unpaired) electrons. The normalized spacial score (nSPS) is 17.5. The molecule has 2 atom stereocenters. The van der Waals surface area contributed by atoms with Gasteiger partial charge in [0.1, 0.15) is 11.6 Å². The van der Waals surface area contributed by atoms with Crippen LogP contribution in [0, 0.1) is 0 Å². The van der Waals surface area contributed by atoms with Crippen LogP contribution in [0.2, 0.25) is 10.0 Å². The lowest BCUT2D eigenvalue weighted by Crippen LogP contribution is -2.49. The number of imidazole rings is 1. The molecule has 4 aromatic rings. The van der Waals surface area contributed by atoms with Crippen molar-refractivity contribution >= 4 is 46.2 Å². The van der Waals surface area contributed by atoms with Crippen molar-refractivity contribution in [1.29, 1.82) is 0 Å². The maximum absolute atomic E-state index is 13.6. The minimum Gasteiger partial charge on any atom is -0.486 e. The second-order valence-electron chi connectivity index (χ2n) is 10.0. The fraction of sp³-hybridized carbons (Fsp3) is 0.429. The number of morpholine rings is 1. The average Bonchev–Trinajstić information content (AvgIpc) is 3.54. The minimum atomic E-state index is -0.336. The SMILES string of the molecule is CCCCOc1c(-c2ncc(Cc3ccc(Cl)c(Cl)c3)s2)nc2n(CC(=O)N3C[C@H](C)O[C@@H](C)C3)ccn2c1=O. The number of thiazole rings is 1. The van der Waals surface area contributed by atoms with Gasteiger partial charge in [-0.05, 0) is 38.0 Å². The third kappa shape index (κ3) is 6.20. The number of hydrogen-bond acceptors (Lipinski definition) is 7. The first kappa shape index (κ1) is 28.6. The molecular formula is C28H31Cl2N5O4S. The summed E-state index contributed by atoms with van der Waals surface area (Å²) in [6.45, 7) is 7.46. The largest absolute Gasteiger partial charge is 0.486 e. The van der Waals surface area contributed by atoms with Crippen molar-refractivity contribution in [2.24, 2.45) is 0 Å². The van der Waals surface area contributed by atoms with E-state index in [1.54, 1.807) is 34.1 Å². The van der Waals surface area contributed by atoms with Gasteiger partial charge in [0.25, 0.3) is 0 Å². The summed E-state index contributed by atoms with van der Waals surface area (Å²) in [5.41, 5.74) is 1.02. The van der Waals surface area contributed by atoms with Crippen molar-refractivity contribution in [1.82, 2.24) is 23.8 Å². The predicted octanol–water partition coefficient (Wildman–Crippen LogP) is 5.33. The quantitative estimate of drug-likeness (QED) is 0.240. The Labute approximate surface area is 246 Å². The molecule has 1 fully saturated rings. The van der Waals surface area contributed by atoms with E-state index >= 15 is 0 Å². The van der Waals surface area contributed by atoms with E-state index in [0.29, 0.717) is 52.6 Å². The second-order valence-corrected chi connectivity index (χ2v) is 11.9. The number of fused-ring (bicyclic) bond motifs is 1. The number of nitrogens with zero attached hydrogens (tertiary/aromatic N) is 5. The Morgan fingerprint density at radius 2 is 1.95 bits per heavy atom.